The molecule has 0 aliphatic carbocycles. The highest BCUT2D eigenvalue weighted by Gasteiger charge is 2.40. The Labute approximate surface area is 96.8 Å². The van der Waals surface area contributed by atoms with Crippen molar-refractivity contribution >= 4 is 13.8 Å². The van der Waals surface area contributed by atoms with E-state index in [-0.39, 0.29) is 0 Å². The van der Waals surface area contributed by atoms with Crippen molar-refractivity contribution in [3.63, 3.8) is 0 Å². The Bertz CT molecular complexity index is 236. The average molecular weight is 228 g/mol. The fourth-order valence-electron chi connectivity index (χ4n) is 1.57. The van der Waals surface area contributed by atoms with Crippen molar-refractivity contribution in [2.45, 2.75) is 58.3 Å². The zero-order chi connectivity index (χ0) is 12.4. The van der Waals surface area contributed by atoms with Crippen LogP contribution in [0.2, 0.25) is 23.7 Å². The van der Waals surface area contributed by atoms with Crippen LogP contribution in [0.1, 0.15) is 34.6 Å². The SMILES string of the molecule is C/C(=N\N(C)C)C(C)[Si](C)(C)C(C)(C)C. The molecule has 0 aromatic heterocycles. The lowest BCUT2D eigenvalue weighted by atomic mass is 10.2. The zero-order valence-electron chi connectivity index (χ0n) is 12.0. The van der Waals surface area contributed by atoms with Crippen LogP contribution in [0.4, 0.5) is 0 Å². The standard InChI is InChI=1S/C12H28N2Si/c1-10(13-14(6)7)11(2)15(8,9)12(3,4)5/h11H,1-9H3/b13-10+. The van der Waals surface area contributed by atoms with Crippen molar-refractivity contribution in [1.29, 1.82) is 0 Å². The molecule has 3 heteroatoms. The summed E-state index contributed by atoms with van der Waals surface area (Å²) in [6.07, 6.45) is 0. The van der Waals surface area contributed by atoms with E-state index in [9.17, 15) is 0 Å². The maximum absolute atomic E-state index is 4.54. The second-order valence-corrected chi connectivity index (χ2v) is 12.1. The predicted molar refractivity (Wildman–Crippen MR) is 73.4 cm³/mol. The van der Waals surface area contributed by atoms with Crippen LogP contribution in [0.15, 0.2) is 5.10 Å². The molecule has 0 N–H and O–H groups in total. The summed E-state index contributed by atoms with van der Waals surface area (Å²) in [6, 6.07) is 0. The van der Waals surface area contributed by atoms with Gasteiger partial charge in [-0.15, -0.1) is 0 Å². The highest BCUT2D eigenvalue weighted by molar-refractivity contribution is 6.84. The molecule has 0 saturated heterocycles. The number of hydrogen-bond donors (Lipinski definition) is 0. The van der Waals surface area contributed by atoms with E-state index in [1.165, 1.54) is 5.71 Å². The summed E-state index contributed by atoms with van der Waals surface area (Å²) in [5, 5.41) is 6.87. The number of hydrazone groups is 1. The molecule has 0 radical (unpaired) electrons. The van der Waals surface area contributed by atoms with Gasteiger partial charge in [-0.3, -0.25) is 0 Å². The van der Waals surface area contributed by atoms with E-state index in [1.54, 1.807) is 0 Å². The highest BCUT2D eigenvalue weighted by atomic mass is 28.3. The second kappa shape index (κ2) is 4.68. The lowest BCUT2D eigenvalue weighted by molar-refractivity contribution is 0.436. The lowest BCUT2D eigenvalue weighted by Crippen LogP contribution is -2.43. The van der Waals surface area contributed by atoms with Crippen LogP contribution in [0, 0.1) is 0 Å². The minimum absolute atomic E-state index is 0.426. The summed E-state index contributed by atoms with van der Waals surface area (Å²) in [5.41, 5.74) is 1.89. The molecule has 0 spiro atoms. The van der Waals surface area contributed by atoms with Gasteiger partial charge >= 0.3 is 0 Å². The maximum atomic E-state index is 4.54. The predicted octanol–water partition coefficient (Wildman–Crippen LogP) is 3.82. The smallest absolute Gasteiger partial charge is 0.0617 e. The Kier molecular flexibility index (Phi) is 4.59. The molecule has 0 aromatic carbocycles. The van der Waals surface area contributed by atoms with Crippen molar-refractivity contribution in [2.75, 3.05) is 14.1 Å². The van der Waals surface area contributed by atoms with Gasteiger partial charge in [0.1, 0.15) is 0 Å². The molecule has 0 heterocycles. The molecule has 1 atom stereocenters. The van der Waals surface area contributed by atoms with E-state index in [0.717, 1.165) is 0 Å². The van der Waals surface area contributed by atoms with Crippen molar-refractivity contribution in [3.05, 3.63) is 0 Å². The van der Waals surface area contributed by atoms with Crippen LogP contribution < -0.4 is 0 Å². The van der Waals surface area contributed by atoms with E-state index in [4.69, 9.17) is 0 Å². The first kappa shape index (κ1) is 14.7. The molecule has 0 amide bonds. The van der Waals surface area contributed by atoms with E-state index >= 15 is 0 Å². The number of nitrogens with zero attached hydrogens (tertiary/aromatic N) is 2. The molecule has 0 aromatic rings. The second-order valence-electron chi connectivity index (χ2n) is 6.28. The molecule has 2 nitrogen and oxygen atoms in total. The van der Waals surface area contributed by atoms with E-state index < -0.39 is 8.07 Å². The lowest BCUT2D eigenvalue weighted by Gasteiger charge is -2.42. The van der Waals surface area contributed by atoms with Gasteiger partial charge in [-0.05, 0) is 17.5 Å². The molecular weight excluding hydrogens is 200 g/mol. The third-order valence-electron chi connectivity index (χ3n) is 4.00. The first-order valence-electron chi connectivity index (χ1n) is 5.72. The van der Waals surface area contributed by atoms with Crippen LogP contribution in [-0.2, 0) is 0 Å². The van der Waals surface area contributed by atoms with Gasteiger partial charge in [-0.1, -0.05) is 40.8 Å². The Hall–Kier alpha value is -0.313. The number of rotatable bonds is 3. The van der Waals surface area contributed by atoms with Crippen LogP contribution in [0.25, 0.3) is 0 Å². The van der Waals surface area contributed by atoms with E-state index in [2.05, 4.69) is 52.8 Å². The Balaban J connectivity index is 4.93. The van der Waals surface area contributed by atoms with Crippen LogP contribution >= 0.6 is 0 Å². The van der Waals surface area contributed by atoms with Gasteiger partial charge in [0.2, 0.25) is 0 Å². The van der Waals surface area contributed by atoms with Crippen molar-refractivity contribution in [1.82, 2.24) is 5.01 Å². The van der Waals surface area contributed by atoms with E-state index in [0.29, 0.717) is 10.6 Å². The molecule has 90 valence electrons. The summed E-state index contributed by atoms with van der Waals surface area (Å²) in [6.45, 7) is 16.5. The Morgan fingerprint density at radius 2 is 1.60 bits per heavy atom. The molecule has 15 heavy (non-hydrogen) atoms. The molecule has 0 saturated carbocycles. The topological polar surface area (TPSA) is 15.6 Å². The summed E-state index contributed by atoms with van der Waals surface area (Å²) in [7, 11) is 2.68. The van der Waals surface area contributed by atoms with Gasteiger partial charge in [-0.25, -0.2) is 0 Å². The van der Waals surface area contributed by atoms with Crippen LogP contribution in [0.5, 0.6) is 0 Å². The first-order valence-corrected chi connectivity index (χ1v) is 8.80. The van der Waals surface area contributed by atoms with Gasteiger partial charge in [0.25, 0.3) is 0 Å². The first-order chi connectivity index (χ1) is 6.50. The van der Waals surface area contributed by atoms with Gasteiger partial charge in [-0.2, -0.15) is 5.10 Å². The molecular formula is C12H28N2Si. The highest BCUT2D eigenvalue weighted by Crippen LogP contribution is 2.43. The molecule has 0 rings (SSSR count). The van der Waals surface area contributed by atoms with Crippen molar-refractivity contribution in [3.8, 4) is 0 Å². The summed E-state index contributed by atoms with van der Waals surface area (Å²) < 4.78 is 0. The summed E-state index contributed by atoms with van der Waals surface area (Å²) in [4.78, 5) is 0. The minimum Gasteiger partial charge on any atom is -0.303 e. The molecule has 0 bridgehead atoms. The van der Waals surface area contributed by atoms with Crippen LogP contribution in [-0.4, -0.2) is 32.9 Å². The van der Waals surface area contributed by atoms with Crippen molar-refractivity contribution in [2.24, 2.45) is 5.10 Å². The molecule has 0 aliphatic heterocycles. The van der Waals surface area contributed by atoms with Gasteiger partial charge in [0, 0.05) is 19.8 Å². The van der Waals surface area contributed by atoms with Gasteiger partial charge in [0.15, 0.2) is 0 Å². The largest absolute Gasteiger partial charge is 0.303 e. The van der Waals surface area contributed by atoms with Crippen molar-refractivity contribution < 1.29 is 0 Å². The minimum atomic E-state index is -1.30. The maximum Gasteiger partial charge on any atom is 0.0617 e. The number of hydrogen-bond acceptors (Lipinski definition) is 2. The fraction of sp³-hybridized carbons (Fsp3) is 0.917. The molecule has 1 unspecified atom stereocenters. The van der Waals surface area contributed by atoms with E-state index in [1.807, 2.05) is 19.1 Å². The zero-order valence-corrected chi connectivity index (χ0v) is 13.0. The Morgan fingerprint density at radius 1 is 1.20 bits per heavy atom. The van der Waals surface area contributed by atoms with Crippen LogP contribution in [0.3, 0.4) is 0 Å². The summed E-state index contributed by atoms with van der Waals surface area (Å²) >= 11 is 0. The quantitative estimate of drug-likeness (QED) is 0.407. The monoisotopic (exact) mass is 228 g/mol. The van der Waals surface area contributed by atoms with Gasteiger partial charge in [0.05, 0.1) is 8.07 Å². The van der Waals surface area contributed by atoms with Gasteiger partial charge < -0.3 is 5.01 Å². The Morgan fingerprint density at radius 3 is 1.87 bits per heavy atom. The fourth-order valence-corrected chi connectivity index (χ4v) is 3.98. The molecule has 0 aliphatic rings. The average Bonchev–Trinajstić information content (AvgIpc) is 1.99. The third-order valence-corrected chi connectivity index (χ3v) is 10.4. The molecule has 0 fully saturated rings. The summed E-state index contributed by atoms with van der Waals surface area (Å²) in [5.74, 6) is 0. The normalized spacial score (nSPS) is 16.5. The third kappa shape index (κ3) is 3.63.